The van der Waals surface area contributed by atoms with Gasteiger partial charge in [-0.15, -0.1) is 0 Å². The summed E-state index contributed by atoms with van der Waals surface area (Å²) >= 11 is 1.30. The highest BCUT2D eigenvalue weighted by atomic mass is 32.2. The maximum Gasteiger partial charge on any atom is 0.313 e. The molecule has 0 aliphatic rings. The van der Waals surface area contributed by atoms with Gasteiger partial charge in [0.25, 0.3) is 0 Å². The summed E-state index contributed by atoms with van der Waals surface area (Å²) in [6, 6.07) is 1.90. The third kappa shape index (κ3) is 2.77. The van der Waals surface area contributed by atoms with E-state index in [4.69, 9.17) is 5.11 Å². The van der Waals surface area contributed by atoms with E-state index in [-0.39, 0.29) is 5.75 Å². The lowest BCUT2D eigenvalue weighted by molar-refractivity contribution is -0.133. The number of aryl methyl sites for hydroxylation is 2. The van der Waals surface area contributed by atoms with Gasteiger partial charge in [0.2, 0.25) is 0 Å². The van der Waals surface area contributed by atoms with E-state index in [1.165, 1.54) is 11.8 Å². The molecule has 0 amide bonds. The van der Waals surface area contributed by atoms with E-state index in [2.05, 4.69) is 5.10 Å². The van der Waals surface area contributed by atoms with Gasteiger partial charge in [0.05, 0.1) is 16.5 Å². The van der Waals surface area contributed by atoms with E-state index in [0.29, 0.717) is 0 Å². The van der Waals surface area contributed by atoms with Gasteiger partial charge in [-0.05, 0) is 19.9 Å². The SMILES string of the molecule is CCn1nc(C)cc1SCC(=O)O. The van der Waals surface area contributed by atoms with Crippen molar-refractivity contribution in [1.29, 1.82) is 0 Å². The van der Waals surface area contributed by atoms with Gasteiger partial charge in [-0.1, -0.05) is 11.8 Å². The maximum atomic E-state index is 10.3. The average Bonchev–Trinajstić information content (AvgIpc) is 2.42. The van der Waals surface area contributed by atoms with Gasteiger partial charge in [0.15, 0.2) is 0 Å². The van der Waals surface area contributed by atoms with E-state index in [1.807, 2.05) is 24.6 Å². The number of nitrogens with zero attached hydrogens (tertiary/aromatic N) is 2. The first-order chi connectivity index (χ1) is 6.13. The summed E-state index contributed by atoms with van der Waals surface area (Å²) in [5.41, 5.74) is 0.926. The Hall–Kier alpha value is -0.970. The molecular weight excluding hydrogens is 188 g/mol. The van der Waals surface area contributed by atoms with Crippen LogP contribution in [0.3, 0.4) is 0 Å². The number of carbonyl (C=O) groups is 1. The van der Waals surface area contributed by atoms with Gasteiger partial charge in [-0.2, -0.15) is 5.10 Å². The Morgan fingerprint density at radius 3 is 3.00 bits per heavy atom. The molecule has 1 N–H and O–H groups in total. The van der Waals surface area contributed by atoms with Gasteiger partial charge in [-0.3, -0.25) is 9.48 Å². The Bertz CT molecular complexity index is 309. The molecule has 4 nitrogen and oxygen atoms in total. The third-order valence-corrected chi connectivity index (χ3v) is 2.52. The molecule has 1 heterocycles. The fourth-order valence-electron chi connectivity index (χ4n) is 1.00. The van der Waals surface area contributed by atoms with E-state index in [0.717, 1.165) is 17.3 Å². The van der Waals surface area contributed by atoms with Crippen LogP contribution in [-0.4, -0.2) is 26.6 Å². The molecule has 0 radical (unpaired) electrons. The molecule has 0 unspecified atom stereocenters. The van der Waals surface area contributed by atoms with Crippen LogP contribution in [0.2, 0.25) is 0 Å². The molecule has 0 fully saturated rings. The highest BCUT2D eigenvalue weighted by Crippen LogP contribution is 2.18. The van der Waals surface area contributed by atoms with Crippen molar-refractivity contribution >= 4 is 17.7 Å². The van der Waals surface area contributed by atoms with Gasteiger partial charge in [-0.25, -0.2) is 0 Å². The van der Waals surface area contributed by atoms with Crippen LogP contribution in [0.5, 0.6) is 0 Å². The van der Waals surface area contributed by atoms with Crippen molar-refractivity contribution in [3.63, 3.8) is 0 Å². The first-order valence-corrected chi connectivity index (χ1v) is 5.01. The van der Waals surface area contributed by atoms with Crippen molar-refractivity contribution in [2.24, 2.45) is 0 Å². The zero-order valence-electron chi connectivity index (χ0n) is 7.65. The second kappa shape index (κ2) is 4.32. The molecule has 0 saturated carbocycles. The number of thioether (sulfide) groups is 1. The molecule has 0 atom stereocenters. The Morgan fingerprint density at radius 1 is 1.77 bits per heavy atom. The normalized spacial score (nSPS) is 10.3. The van der Waals surface area contributed by atoms with Crippen LogP contribution in [0.1, 0.15) is 12.6 Å². The Kier molecular flexibility index (Phi) is 3.36. The predicted octanol–water partition coefficient (Wildman–Crippen LogP) is 1.39. The quantitative estimate of drug-likeness (QED) is 0.746. The number of hydrogen-bond acceptors (Lipinski definition) is 3. The van der Waals surface area contributed by atoms with Crippen molar-refractivity contribution in [2.75, 3.05) is 5.75 Å². The molecule has 0 aliphatic carbocycles. The highest BCUT2D eigenvalue weighted by Gasteiger charge is 2.06. The molecule has 0 aliphatic heterocycles. The van der Waals surface area contributed by atoms with Crippen molar-refractivity contribution in [2.45, 2.75) is 25.4 Å². The van der Waals surface area contributed by atoms with E-state index >= 15 is 0 Å². The first-order valence-electron chi connectivity index (χ1n) is 4.02. The first kappa shape index (κ1) is 10.1. The minimum absolute atomic E-state index is 0.0884. The largest absolute Gasteiger partial charge is 0.481 e. The smallest absolute Gasteiger partial charge is 0.313 e. The second-order valence-electron chi connectivity index (χ2n) is 2.62. The molecule has 0 aromatic carbocycles. The summed E-state index contributed by atoms with van der Waals surface area (Å²) in [7, 11) is 0. The molecule has 13 heavy (non-hydrogen) atoms. The minimum atomic E-state index is -0.800. The minimum Gasteiger partial charge on any atom is -0.481 e. The zero-order valence-corrected chi connectivity index (χ0v) is 8.47. The van der Waals surface area contributed by atoms with Crippen LogP contribution in [-0.2, 0) is 11.3 Å². The lowest BCUT2D eigenvalue weighted by atomic mass is 10.5. The van der Waals surface area contributed by atoms with Crippen LogP contribution >= 0.6 is 11.8 Å². The monoisotopic (exact) mass is 200 g/mol. The number of carboxylic acid groups (broad SMARTS) is 1. The Morgan fingerprint density at radius 2 is 2.46 bits per heavy atom. The molecular formula is C8H12N2O2S. The Labute approximate surface area is 80.9 Å². The molecule has 1 aromatic rings. The van der Waals surface area contributed by atoms with Gasteiger partial charge in [0.1, 0.15) is 0 Å². The van der Waals surface area contributed by atoms with E-state index in [9.17, 15) is 4.79 Å². The van der Waals surface area contributed by atoms with Crippen LogP contribution in [0.4, 0.5) is 0 Å². The predicted molar refractivity (Wildman–Crippen MR) is 51.0 cm³/mol. The topological polar surface area (TPSA) is 55.1 Å². The van der Waals surface area contributed by atoms with E-state index in [1.54, 1.807) is 0 Å². The van der Waals surface area contributed by atoms with Crippen molar-refractivity contribution in [3.8, 4) is 0 Å². The van der Waals surface area contributed by atoms with Gasteiger partial charge < -0.3 is 5.11 Å². The van der Waals surface area contributed by atoms with Crippen molar-refractivity contribution in [1.82, 2.24) is 9.78 Å². The average molecular weight is 200 g/mol. The molecule has 1 rings (SSSR count). The van der Waals surface area contributed by atoms with Gasteiger partial charge >= 0.3 is 5.97 Å². The fourth-order valence-corrected chi connectivity index (χ4v) is 1.84. The lowest BCUT2D eigenvalue weighted by Gasteiger charge is -2.00. The summed E-state index contributed by atoms with van der Waals surface area (Å²) in [4.78, 5) is 10.3. The molecule has 5 heteroatoms. The van der Waals surface area contributed by atoms with Gasteiger partial charge in [0, 0.05) is 6.54 Å². The van der Waals surface area contributed by atoms with Crippen LogP contribution in [0, 0.1) is 6.92 Å². The van der Waals surface area contributed by atoms with E-state index < -0.39 is 5.97 Å². The number of hydrogen-bond donors (Lipinski definition) is 1. The van der Waals surface area contributed by atoms with Crippen molar-refractivity contribution < 1.29 is 9.90 Å². The number of aromatic nitrogens is 2. The summed E-state index contributed by atoms with van der Waals surface area (Å²) in [5.74, 6) is -0.711. The van der Waals surface area contributed by atoms with Crippen LogP contribution < -0.4 is 0 Å². The Balaban J connectivity index is 2.69. The number of carboxylic acids is 1. The molecule has 0 spiro atoms. The van der Waals surface area contributed by atoms with Crippen LogP contribution in [0.15, 0.2) is 11.1 Å². The molecule has 72 valence electrons. The number of rotatable bonds is 4. The number of aliphatic carboxylic acids is 1. The highest BCUT2D eigenvalue weighted by molar-refractivity contribution is 7.99. The lowest BCUT2D eigenvalue weighted by Crippen LogP contribution is -2.02. The van der Waals surface area contributed by atoms with Crippen LogP contribution in [0.25, 0.3) is 0 Å². The molecule has 0 saturated heterocycles. The standard InChI is InChI=1S/C8H12N2O2S/c1-3-10-7(4-6(2)9-10)13-5-8(11)12/h4H,3,5H2,1-2H3,(H,11,12). The summed E-state index contributed by atoms with van der Waals surface area (Å²) < 4.78 is 1.81. The van der Waals surface area contributed by atoms with Crippen molar-refractivity contribution in [3.05, 3.63) is 11.8 Å². The summed E-state index contributed by atoms with van der Waals surface area (Å²) in [6.45, 7) is 4.66. The summed E-state index contributed by atoms with van der Waals surface area (Å²) in [5, 5.41) is 13.6. The third-order valence-electron chi connectivity index (χ3n) is 1.51. The molecule has 1 aromatic heterocycles. The molecule has 0 bridgehead atoms. The second-order valence-corrected chi connectivity index (χ2v) is 3.62. The zero-order chi connectivity index (χ0) is 9.84. The maximum absolute atomic E-state index is 10.3. The fraction of sp³-hybridized carbons (Fsp3) is 0.500. The summed E-state index contributed by atoms with van der Waals surface area (Å²) in [6.07, 6.45) is 0.